The number of aromatic nitrogens is 3. The van der Waals surface area contributed by atoms with Gasteiger partial charge in [0.1, 0.15) is 11.9 Å². The molecule has 130 valence electrons. The zero-order valence-corrected chi connectivity index (χ0v) is 14.6. The highest BCUT2D eigenvalue weighted by Gasteiger charge is 2.22. The molecule has 1 aliphatic heterocycles. The molecule has 0 amide bonds. The van der Waals surface area contributed by atoms with E-state index < -0.39 is 0 Å². The fraction of sp³-hybridized carbons (Fsp3) is 0.300. The molecular weight excluding hydrogens is 326 g/mol. The summed E-state index contributed by atoms with van der Waals surface area (Å²) < 4.78 is 5.96. The first-order valence-corrected chi connectivity index (χ1v) is 8.73. The van der Waals surface area contributed by atoms with E-state index in [4.69, 9.17) is 9.72 Å². The highest BCUT2D eigenvalue weighted by atomic mass is 16.5. The molecule has 1 aliphatic rings. The van der Waals surface area contributed by atoms with Crippen LogP contribution in [0.4, 0.5) is 5.82 Å². The molecular formula is C20H19N5O. The summed E-state index contributed by atoms with van der Waals surface area (Å²) in [6.07, 6.45) is 5.26. The number of piperidine rings is 1. The second-order valence-electron chi connectivity index (χ2n) is 6.46. The second kappa shape index (κ2) is 6.96. The van der Waals surface area contributed by atoms with Crippen molar-refractivity contribution in [3.63, 3.8) is 0 Å². The fourth-order valence-electron chi connectivity index (χ4n) is 3.29. The van der Waals surface area contributed by atoms with Crippen LogP contribution in [0, 0.1) is 18.3 Å². The number of anilines is 1. The van der Waals surface area contributed by atoms with Gasteiger partial charge >= 0.3 is 0 Å². The molecule has 0 bridgehead atoms. The topological polar surface area (TPSA) is 74.9 Å². The van der Waals surface area contributed by atoms with E-state index in [1.807, 2.05) is 37.3 Å². The van der Waals surface area contributed by atoms with Gasteiger partial charge < -0.3 is 9.64 Å². The number of hydrogen-bond acceptors (Lipinski definition) is 6. The van der Waals surface area contributed by atoms with Crippen LogP contribution in [0.5, 0.6) is 5.88 Å². The highest BCUT2D eigenvalue weighted by molar-refractivity contribution is 5.86. The molecule has 1 saturated heterocycles. The van der Waals surface area contributed by atoms with Crippen molar-refractivity contribution in [1.82, 2.24) is 15.0 Å². The van der Waals surface area contributed by atoms with Gasteiger partial charge in [0.2, 0.25) is 5.88 Å². The van der Waals surface area contributed by atoms with Crippen LogP contribution in [0.3, 0.4) is 0 Å². The Bertz CT molecular complexity index is 973. The molecule has 3 heterocycles. The molecule has 26 heavy (non-hydrogen) atoms. The van der Waals surface area contributed by atoms with Gasteiger partial charge in [-0.3, -0.25) is 4.98 Å². The lowest BCUT2D eigenvalue weighted by Crippen LogP contribution is -2.38. The SMILES string of the molecule is Cc1cncc(OC2CCN(c3cc(C#N)c4ccccc4n3)CC2)n1. The molecule has 0 atom stereocenters. The van der Waals surface area contributed by atoms with E-state index >= 15 is 0 Å². The molecule has 0 spiro atoms. The summed E-state index contributed by atoms with van der Waals surface area (Å²) in [6, 6.07) is 11.9. The molecule has 0 radical (unpaired) electrons. The van der Waals surface area contributed by atoms with Gasteiger partial charge in [0.25, 0.3) is 0 Å². The minimum absolute atomic E-state index is 0.123. The Morgan fingerprint density at radius 1 is 1.15 bits per heavy atom. The Morgan fingerprint density at radius 2 is 1.96 bits per heavy atom. The summed E-state index contributed by atoms with van der Waals surface area (Å²) in [4.78, 5) is 15.4. The van der Waals surface area contributed by atoms with Crippen molar-refractivity contribution in [3.05, 3.63) is 54.0 Å². The summed E-state index contributed by atoms with van der Waals surface area (Å²) >= 11 is 0. The zero-order valence-electron chi connectivity index (χ0n) is 14.6. The number of para-hydroxylation sites is 1. The van der Waals surface area contributed by atoms with Gasteiger partial charge in [0.05, 0.1) is 29.0 Å². The predicted octanol–water partition coefficient (Wildman–Crippen LogP) is 3.25. The van der Waals surface area contributed by atoms with E-state index in [0.717, 1.165) is 48.3 Å². The van der Waals surface area contributed by atoms with Gasteiger partial charge in [-0.1, -0.05) is 18.2 Å². The molecule has 2 aromatic heterocycles. The van der Waals surface area contributed by atoms with Crippen molar-refractivity contribution in [1.29, 1.82) is 5.26 Å². The van der Waals surface area contributed by atoms with Gasteiger partial charge in [-0.05, 0) is 19.1 Å². The van der Waals surface area contributed by atoms with Gasteiger partial charge in [-0.25, -0.2) is 9.97 Å². The number of fused-ring (bicyclic) bond motifs is 1. The molecule has 4 rings (SSSR count). The van der Waals surface area contributed by atoms with Gasteiger partial charge in [-0.15, -0.1) is 0 Å². The minimum atomic E-state index is 0.123. The van der Waals surface area contributed by atoms with Crippen molar-refractivity contribution >= 4 is 16.7 Å². The van der Waals surface area contributed by atoms with Crippen molar-refractivity contribution < 1.29 is 4.74 Å². The molecule has 1 fully saturated rings. The normalized spacial score (nSPS) is 15.0. The number of nitrogens with zero attached hydrogens (tertiary/aromatic N) is 5. The van der Waals surface area contributed by atoms with E-state index in [1.165, 1.54) is 0 Å². The fourth-order valence-corrected chi connectivity index (χ4v) is 3.29. The first kappa shape index (κ1) is 16.3. The Balaban J connectivity index is 1.48. The molecule has 0 N–H and O–H groups in total. The maximum Gasteiger partial charge on any atom is 0.232 e. The van der Waals surface area contributed by atoms with Crippen molar-refractivity contribution in [2.75, 3.05) is 18.0 Å². The number of nitriles is 1. The first-order valence-electron chi connectivity index (χ1n) is 8.73. The Hall–Kier alpha value is -3.20. The first-order chi connectivity index (χ1) is 12.7. The maximum atomic E-state index is 9.46. The number of rotatable bonds is 3. The van der Waals surface area contributed by atoms with Crippen LogP contribution in [0.25, 0.3) is 10.9 Å². The van der Waals surface area contributed by atoms with Crippen LogP contribution in [0.2, 0.25) is 0 Å². The number of benzene rings is 1. The smallest absolute Gasteiger partial charge is 0.232 e. The molecule has 0 aliphatic carbocycles. The largest absolute Gasteiger partial charge is 0.473 e. The molecule has 3 aromatic rings. The van der Waals surface area contributed by atoms with Crippen LogP contribution in [0.15, 0.2) is 42.7 Å². The van der Waals surface area contributed by atoms with Crippen LogP contribution in [-0.4, -0.2) is 34.1 Å². The average Bonchev–Trinajstić information content (AvgIpc) is 2.68. The summed E-state index contributed by atoms with van der Waals surface area (Å²) in [6.45, 7) is 3.57. The summed E-state index contributed by atoms with van der Waals surface area (Å²) in [5, 5.41) is 10.4. The van der Waals surface area contributed by atoms with E-state index in [2.05, 4.69) is 20.9 Å². The third-order valence-corrected chi connectivity index (χ3v) is 4.61. The Kier molecular flexibility index (Phi) is 4.36. The number of ether oxygens (including phenoxy) is 1. The van der Waals surface area contributed by atoms with Crippen LogP contribution < -0.4 is 9.64 Å². The third-order valence-electron chi connectivity index (χ3n) is 4.61. The van der Waals surface area contributed by atoms with E-state index in [-0.39, 0.29) is 6.10 Å². The Labute approximate surface area is 152 Å². The summed E-state index contributed by atoms with van der Waals surface area (Å²) in [5.74, 6) is 1.44. The monoisotopic (exact) mass is 345 g/mol. The van der Waals surface area contributed by atoms with Crippen molar-refractivity contribution in [2.24, 2.45) is 0 Å². The molecule has 1 aromatic carbocycles. The molecule has 0 saturated carbocycles. The van der Waals surface area contributed by atoms with Crippen molar-refractivity contribution in [2.45, 2.75) is 25.9 Å². The van der Waals surface area contributed by atoms with Crippen LogP contribution in [-0.2, 0) is 0 Å². The quantitative estimate of drug-likeness (QED) is 0.725. The molecule has 6 heteroatoms. The van der Waals surface area contributed by atoms with Gasteiger partial charge in [0.15, 0.2) is 0 Å². The second-order valence-corrected chi connectivity index (χ2v) is 6.46. The van der Waals surface area contributed by atoms with Crippen molar-refractivity contribution in [3.8, 4) is 11.9 Å². The highest BCUT2D eigenvalue weighted by Crippen LogP contribution is 2.25. The van der Waals surface area contributed by atoms with E-state index in [0.29, 0.717) is 11.4 Å². The lowest BCUT2D eigenvalue weighted by molar-refractivity contribution is 0.163. The lowest BCUT2D eigenvalue weighted by Gasteiger charge is -2.32. The average molecular weight is 345 g/mol. The molecule has 0 unspecified atom stereocenters. The predicted molar refractivity (Wildman–Crippen MR) is 99.1 cm³/mol. The number of pyridine rings is 1. The number of aryl methyl sites for hydroxylation is 1. The zero-order chi connectivity index (χ0) is 17.9. The van der Waals surface area contributed by atoms with Gasteiger partial charge in [-0.2, -0.15) is 5.26 Å². The maximum absolute atomic E-state index is 9.46. The Morgan fingerprint density at radius 3 is 2.73 bits per heavy atom. The van der Waals surface area contributed by atoms with Crippen LogP contribution in [0.1, 0.15) is 24.1 Å². The van der Waals surface area contributed by atoms with E-state index in [9.17, 15) is 5.26 Å². The van der Waals surface area contributed by atoms with Crippen LogP contribution >= 0.6 is 0 Å². The minimum Gasteiger partial charge on any atom is -0.473 e. The summed E-state index contributed by atoms with van der Waals surface area (Å²) in [7, 11) is 0. The summed E-state index contributed by atoms with van der Waals surface area (Å²) in [5.41, 5.74) is 2.37. The molecule has 6 nitrogen and oxygen atoms in total. The number of hydrogen-bond donors (Lipinski definition) is 0. The lowest BCUT2D eigenvalue weighted by atomic mass is 10.1. The van der Waals surface area contributed by atoms with Gasteiger partial charge in [0, 0.05) is 37.5 Å². The standard InChI is InChI=1S/C20H19N5O/c1-14-12-22-13-20(23-14)26-16-6-8-25(9-7-16)19-10-15(11-21)17-4-2-3-5-18(17)24-19/h2-5,10,12-13,16H,6-9H2,1H3. The van der Waals surface area contributed by atoms with E-state index in [1.54, 1.807) is 12.4 Å². The third kappa shape index (κ3) is 3.29.